The Balaban J connectivity index is 1.71. The van der Waals surface area contributed by atoms with Crippen LogP contribution < -0.4 is 5.32 Å². The van der Waals surface area contributed by atoms with Gasteiger partial charge >= 0.3 is 6.18 Å². The van der Waals surface area contributed by atoms with Crippen molar-refractivity contribution in [2.45, 2.75) is 38.5 Å². The Labute approximate surface area is 182 Å². The number of rotatable bonds is 5. The topological polar surface area (TPSA) is 80.1 Å². The van der Waals surface area contributed by atoms with Crippen LogP contribution in [0.2, 0.25) is 0 Å². The van der Waals surface area contributed by atoms with Crippen molar-refractivity contribution >= 4 is 22.8 Å². The number of aromatic nitrogens is 3. The van der Waals surface area contributed by atoms with Gasteiger partial charge in [-0.1, -0.05) is 30.3 Å². The number of nitrogens with one attached hydrogen (secondary N) is 1. The molecule has 7 nitrogen and oxygen atoms in total. The van der Waals surface area contributed by atoms with E-state index in [4.69, 9.17) is 0 Å². The van der Waals surface area contributed by atoms with Gasteiger partial charge < -0.3 is 10.2 Å². The summed E-state index contributed by atoms with van der Waals surface area (Å²) in [6, 6.07) is 10.1. The fraction of sp³-hybridized carbons (Fsp3) is 0.364. The fourth-order valence-electron chi connectivity index (χ4n) is 3.96. The Morgan fingerprint density at radius 2 is 1.97 bits per heavy atom. The van der Waals surface area contributed by atoms with Crippen LogP contribution in [0.3, 0.4) is 0 Å². The molecule has 0 spiro atoms. The van der Waals surface area contributed by atoms with Gasteiger partial charge in [0.2, 0.25) is 5.91 Å². The first-order valence-corrected chi connectivity index (χ1v) is 10.4. The van der Waals surface area contributed by atoms with E-state index in [2.05, 4.69) is 10.1 Å². The number of halogens is 3. The van der Waals surface area contributed by atoms with Crippen molar-refractivity contribution in [1.29, 1.82) is 0 Å². The minimum atomic E-state index is -4.51. The monoisotopic (exact) mass is 445 g/mol. The number of aryl methyl sites for hydroxylation is 1. The second kappa shape index (κ2) is 8.60. The lowest BCUT2D eigenvalue weighted by Crippen LogP contribution is -2.48. The van der Waals surface area contributed by atoms with Gasteiger partial charge in [-0.25, -0.2) is 9.67 Å². The summed E-state index contributed by atoms with van der Waals surface area (Å²) in [6.07, 6.45) is -2.12. The Hall–Kier alpha value is -3.43. The third kappa shape index (κ3) is 4.30. The van der Waals surface area contributed by atoms with Crippen molar-refractivity contribution in [1.82, 2.24) is 25.0 Å². The van der Waals surface area contributed by atoms with Crippen molar-refractivity contribution in [3.8, 4) is 11.3 Å². The highest BCUT2D eigenvalue weighted by Gasteiger charge is 2.37. The lowest BCUT2D eigenvalue weighted by Gasteiger charge is -2.24. The maximum atomic E-state index is 13.5. The molecule has 1 unspecified atom stereocenters. The van der Waals surface area contributed by atoms with Crippen molar-refractivity contribution < 1.29 is 22.8 Å². The van der Waals surface area contributed by atoms with Crippen molar-refractivity contribution in [3.63, 3.8) is 0 Å². The molecule has 168 valence electrons. The van der Waals surface area contributed by atoms with Crippen LogP contribution in [0.4, 0.5) is 13.2 Å². The van der Waals surface area contributed by atoms with Gasteiger partial charge in [-0.15, -0.1) is 0 Å². The minimum absolute atomic E-state index is 0.287. The molecule has 0 radical (unpaired) electrons. The fourth-order valence-corrected chi connectivity index (χ4v) is 3.96. The van der Waals surface area contributed by atoms with Crippen molar-refractivity contribution in [2.24, 2.45) is 0 Å². The van der Waals surface area contributed by atoms with Crippen LogP contribution in [0, 0.1) is 0 Å². The van der Waals surface area contributed by atoms with Gasteiger partial charge in [-0.3, -0.25) is 9.59 Å². The molecule has 2 aromatic heterocycles. The summed E-state index contributed by atoms with van der Waals surface area (Å²) < 4.78 is 39.3. The van der Waals surface area contributed by atoms with E-state index in [-0.39, 0.29) is 6.54 Å². The number of amides is 2. The zero-order valence-electron chi connectivity index (χ0n) is 17.4. The quantitative estimate of drug-likeness (QED) is 0.653. The second-order valence-corrected chi connectivity index (χ2v) is 7.61. The first-order valence-electron chi connectivity index (χ1n) is 10.4. The summed E-state index contributed by atoms with van der Waals surface area (Å²) in [5.41, 5.74) is 2.25. The van der Waals surface area contributed by atoms with Crippen LogP contribution in [0.1, 0.15) is 30.1 Å². The number of fused-ring (bicyclic) bond motifs is 1. The zero-order valence-corrected chi connectivity index (χ0v) is 17.4. The van der Waals surface area contributed by atoms with Gasteiger partial charge in [-0.05, 0) is 25.8 Å². The first-order chi connectivity index (χ1) is 15.3. The molecule has 0 aliphatic carbocycles. The smallest absolute Gasteiger partial charge is 0.345 e. The lowest BCUT2D eigenvalue weighted by molar-refractivity contribution is -0.140. The van der Waals surface area contributed by atoms with E-state index in [0.29, 0.717) is 41.7 Å². The van der Waals surface area contributed by atoms with Crippen LogP contribution in [-0.2, 0) is 11.3 Å². The number of likely N-dealkylation sites (tertiary alicyclic amines) is 1. The highest BCUT2D eigenvalue weighted by Crippen LogP contribution is 2.28. The molecule has 10 heteroatoms. The SMILES string of the molecule is CCn1ncc2c(C(=O)N3CCCC3C(=O)NCC(F)(F)F)cc(-c3ccccc3)nc21. The predicted molar refractivity (Wildman–Crippen MR) is 112 cm³/mol. The molecule has 4 rings (SSSR count). The second-order valence-electron chi connectivity index (χ2n) is 7.61. The van der Waals surface area contributed by atoms with E-state index in [1.54, 1.807) is 16.9 Å². The molecule has 1 aliphatic rings. The normalized spacial score (nSPS) is 16.5. The van der Waals surface area contributed by atoms with Crippen LogP contribution in [0.25, 0.3) is 22.3 Å². The van der Waals surface area contributed by atoms with Gasteiger partial charge in [0.1, 0.15) is 12.6 Å². The zero-order chi connectivity index (χ0) is 22.9. The summed E-state index contributed by atoms with van der Waals surface area (Å²) in [7, 11) is 0. The number of carbonyl (C=O) groups is 2. The molecular weight excluding hydrogens is 423 g/mol. The van der Waals surface area contributed by atoms with E-state index in [9.17, 15) is 22.8 Å². The molecular formula is C22H22F3N5O2. The first kappa shape index (κ1) is 21.8. The largest absolute Gasteiger partial charge is 0.405 e. The molecule has 1 saturated heterocycles. The van der Waals surface area contributed by atoms with Gasteiger partial charge in [0.25, 0.3) is 5.91 Å². The molecule has 1 aromatic carbocycles. The third-order valence-corrected chi connectivity index (χ3v) is 5.49. The molecule has 1 aliphatic heterocycles. The van der Waals surface area contributed by atoms with E-state index < -0.39 is 30.6 Å². The summed E-state index contributed by atoms with van der Waals surface area (Å²) >= 11 is 0. The Kier molecular flexibility index (Phi) is 5.86. The molecule has 1 N–H and O–H groups in total. The third-order valence-electron chi connectivity index (χ3n) is 5.49. The standard InChI is InChI=1S/C22H22F3N5O2/c1-2-30-19-16(12-27-30)15(11-17(28-19)14-7-4-3-5-8-14)21(32)29-10-6-9-18(29)20(31)26-13-22(23,24)25/h3-5,7-8,11-12,18H,2,6,9-10,13H2,1H3,(H,26,31). The number of alkyl halides is 3. The van der Waals surface area contributed by atoms with E-state index in [1.165, 1.54) is 4.90 Å². The molecule has 1 fully saturated rings. The Bertz CT molecular complexity index is 1140. The predicted octanol–water partition coefficient (Wildman–Crippen LogP) is 3.40. The molecule has 32 heavy (non-hydrogen) atoms. The molecule has 0 bridgehead atoms. The van der Waals surface area contributed by atoms with E-state index >= 15 is 0 Å². The molecule has 3 aromatic rings. The number of hydrogen-bond donors (Lipinski definition) is 1. The summed E-state index contributed by atoms with van der Waals surface area (Å²) in [5, 5.41) is 6.75. The number of benzene rings is 1. The summed E-state index contributed by atoms with van der Waals surface area (Å²) in [6.45, 7) is 1.32. The van der Waals surface area contributed by atoms with Gasteiger partial charge in [0, 0.05) is 18.7 Å². The lowest BCUT2D eigenvalue weighted by atomic mass is 10.1. The van der Waals surface area contributed by atoms with Crippen LogP contribution >= 0.6 is 0 Å². The van der Waals surface area contributed by atoms with Crippen LogP contribution in [0.15, 0.2) is 42.6 Å². The maximum absolute atomic E-state index is 13.5. The van der Waals surface area contributed by atoms with Gasteiger partial charge in [-0.2, -0.15) is 18.3 Å². The van der Waals surface area contributed by atoms with Crippen LogP contribution in [-0.4, -0.2) is 56.8 Å². The van der Waals surface area contributed by atoms with Crippen molar-refractivity contribution in [3.05, 3.63) is 48.2 Å². The molecule has 3 heterocycles. The molecule has 2 amide bonds. The highest BCUT2D eigenvalue weighted by molar-refractivity contribution is 6.08. The summed E-state index contributed by atoms with van der Waals surface area (Å²) in [5.74, 6) is -1.22. The number of hydrogen-bond acceptors (Lipinski definition) is 4. The molecule has 0 saturated carbocycles. The van der Waals surface area contributed by atoms with Gasteiger partial charge in [0.05, 0.1) is 22.8 Å². The van der Waals surface area contributed by atoms with Crippen LogP contribution in [0.5, 0.6) is 0 Å². The minimum Gasteiger partial charge on any atom is -0.345 e. The highest BCUT2D eigenvalue weighted by atomic mass is 19.4. The Morgan fingerprint density at radius 1 is 1.22 bits per heavy atom. The summed E-state index contributed by atoms with van der Waals surface area (Å²) in [4.78, 5) is 32.0. The van der Waals surface area contributed by atoms with E-state index in [1.807, 2.05) is 42.6 Å². The number of pyridine rings is 1. The average Bonchev–Trinajstić information content (AvgIpc) is 3.43. The number of nitrogens with zero attached hydrogens (tertiary/aromatic N) is 4. The van der Waals surface area contributed by atoms with E-state index in [0.717, 1.165) is 5.56 Å². The Morgan fingerprint density at radius 3 is 2.66 bits per heavy atom. The van der Waals surface area contributed by atoms with Crippen molar-refractivity contribution in [2.75, 3.05) is 13.1 Å². The molecule has 1 atom stereocenters. The average molecular weight is 445 g/mol. The maximum Gasteiger partial charge on any atom is 0.405 e. The number of carbonyl (C=O) groups excluding carboxylic acids is 2. The van der Waals surface area contributed by atoms with Gasteiger partial charge in [0.15, 0.2) is 5.65 Å².